The lowest BCUT2D eigenvalue weighted by Crippen LogP contribution is -2.41. The molecule has 0 aromatic heterocycles. The van der Waals surface area contributed by atoms with Gasteiger partial charge >= 0.3 is 0 Å². The van der Waals surface area contributed by atoms with E-state index in [4.69, 9.17) is 4.74 Å². The molecular weight excluding hydrogens is 385 g/mol. The highest BCUT2D eigenvalue weighted by atomic mass is 19.1. The minimum atomic E-state index is -0.394. The third kappa shape index (κ3) is 6.82. The molecule has 0 bridgehead atoms. The Morgan fingerprint density at radius 1 is 1.10 bits per heavy atom. The van der Waals surface area contributed by atoms with Crippen LogP contribution in [0, 0.1) is 5.82 Å². The van der Waals surface area contributed by atoms with Gasteiger partial charge in [0, 0.05) is 38.9 Å². The molecule has 2 aromatic carbocycles. The third-order valence-electron chi connectivity index (χ3n) is 4.81. The molecule has 1 amide bonds. The first-order chi connectivity index (χ1) is 14.6. The van der Waals surface area contributed by atoms with Gasteiger partial charge in [-0.25, -0.2) is 4.39 Å². The summed E-state index contributed by atoms with van der Waals surface area (Å²) in [5.41, 5.74) is 2.85. The third-order valence-corrected chi connectivity index (χ3v) is 4.81. The van der Waals surface area contributed by atoms with Crippen LogP contribution in [0.25, 0.3) is 0 Å². The normalized spacial score (nSPS) is 14.9. The number of ether oxygens (including phenoxy) is 1. The van der Waals surface area contributed by atoms with Crippen molar-refractivity contribution in [3.8, 4) is 0 Å². The zero-order chi connectivity index (χ0) is 21.2. The molecule has 2 aromatic rings. The maximum atomic E-state index is 13.2. The molecule has 0 spiro atoms. The molecule has 1 heterocycles. The van der Waals surface area contributed by atoms with Gasteiger partial charge in [0.25, 0.3) is 0 Å². The lowest BCUT2D eigenvalue weighted by molar-refractivity contribution is -0.115. The number of amides is 1. The number of aliphatic imine (C=N–C) groups is 1. The summed E-state index contributed by atoms with van der Waals surface area (Å²) in [5.74, 6) is -0.157. The fourth-order valence-corrected chi connectivity index (χ4v) is 3.22. The fourth-order valence-electron chi connectivity index (χ4n) is 3.22. The van der Waals surface area contributed by atoms with Gasteiger partial charge in [0.15, 0.2) is 5.96 Å². The minimum Gasteiger partial charge on any atom is -0.379 e. The van der Waals surface area contributed by atoms with Crippen LogP contribution < -0.4 is 16.0 Å². The van der Waals surface area contributed by atoms with E-state index in [1.54, 1.807) is 19.2 Å². The minimum absolute atomic E-state index is 0.0195. The molecule has 160 valence electrons. The fraction of sp³-hybridized carbons (Fsp3) is 0.364. The van der Waals surface area contributed by atoms with E-state index < -0.39 is 5.82 Å². The maximum Gasteiger partial charge on any atom is 0.243 e. The van der Waals surface area contributed by atoms with Crippen LogP contribution in [0.5, 0.6) is 0 Å². The Morgan fingerprint density at radius 2 is 1.87 bits per heavy atom. The van der Waals surface area contributed by atoms with E-state index in [9.17, 15) is 9.18 Å². The molecule has 3 N–H and O–H groups in total. The number of carbonyl (C=O) groups is 1. The van der Waals surface area contributed by atoms with E-state index in [1.165, 1.54) is 23.3 Å². The smallest absolute Gasteiger partial charge is 0.243 e. The second kappa shape index (κ2) is 11.3. The van der Waals surface area contributed by atoms with Crippen LogP contribution in [0.1, 0.15) is 11.1 Å². The van der Waals surface area contributed by atoms with Gasteiger partial charge in [0.2, 0.25) is 5.91 Å². The Morgan fingerprint density at radius 3 is 2.60 bits per heavy atom. The van der Waals surface area contributed by atoms with Gasteiger partial charge in [0.1, 0.15) is 5.82 Å². The highest BCUT2D eigenvalue weighted by Gasteiger charge is 2.13. The van der Waals surface area contributed by atoms with Crippen molar-refractivity contribution in [2.45, 2.75) is 13.1 Å². The number of nitrogens with one attached hydrogen (secondary N) is 3. The monoisotopic (exact) mass is 413 g/mol. The standard InChI is InChI=1S/C22H28FN5O2/c1-24-22(26-15-21(29)27-20-8-4-7-19(23)13-20)25-14-17-5-2-3-6-18(17)16-28-9-11-30-12-10-28/h2-8,13H,9-12,14-16H2,1H3,(H,27,29)(H2,24,25,26). The molecule has 8 heteroatoms. The van der Waals surface area contributed by atoms with Crippen molar-refractivity contribution >= 4 is 17.6 Å². The Bertz CT molecular complexity index is 868. The Labute approximate surface area is 176 Å². The van der Waals surface area contributed by atoms with Crippen LogP contribution in [-0.4, -0.2) is 56.7 Å². The molecule has 0 aliphatic carbocycles. The van der Waals surface area contributed by atoms with Gasteiger partial charge in [-0.1, -0.05) is 30.3 Å². The Kier molecular flexibility index (Phi) is 8.17. The van der Waals surface area contributed by atoms with Crippen molar-refractivity contribution in [2.75, 3.05) is 45.2 Å². The van der Waals surface area contributed by atoms with E-state index in [-0.39, 0.29) is 12.5 Å². The molecular formula is C22H28FN5O2. The number of benzene rings is 2. The number of halogens is 1. The van der Waals surface area contributed by atoms with Crippen LogP contribution in [0.2, 0.25) is 0 Å². The van der Waals surface area contributed by atoms with Crippen molar-refractivity contribution in [3.63, 3.8) is 0 Å². The number of anilines is 1. The number of carbonyl (C=O) groups excluding carboxylic acids is 1. The van der Waals surface area contributed by atoms with Crippen molar-refractivity contribution in [3.05, 3.63) is 65.5 Å². The van der Waals surface area contributed by atoms with Crippen LogP contribution in [0.3, 0.4) is 0 Å². The summed E-state index contributed by atoms with van der Waals surface area (Å²) in [4.78, 5) is 18.6. The highest BCUT2D eigenvalue weighted by Crippen LogP contribution is 2.13. The second-order valence-electron chi connectivity index (χ2n) is 7.00. The number of rotatable bonds is 7. The zero-order valence-corrected chi connectivity index (χ0v) is 17.2. The van der Waals surface area contributed by atoms with E-state index >= 15 is 0 Å². The van der Waals surface area contributed by atoms with E-state index in [2.05, 4.69) is 38.0 Å². The second-order valence-corrected chi connectivity index (χ2v) is 7.00. The van der Waals surface area contributed by atoms with Gasteiger partial charge in [-0.15, -0.1) is 0 Å². The molecule has 0 saturated carbocycles. The average Bonchev–Trinajstić information content (AvgIpc) is 2.75. The molecule has 30 heavy (non-hydrogen) atoms. The van der Waals surface area contributed by atoms with Gasteiger partial charge < -0.3 is 20.7 Å². The SMILES string of the molecule is CN=C(NCC(=O)Nc1cccc(F)c1)NCc1ccccc1CN1CCOCC1. The quantitative estimate of drug-likeness (QED) is 0.478. The molecule has 0 unspecified atom stereocenters. The average molecular weight is 413 g/mol. The van der Waals surface area contributed by atoms with E-state index in [1.807, 2.05) is 12.1 Å². The molecule has 7 nitrogen and oxygen atoms in total. The highest BCUT2D eigenvalue weighted by molar-refractivity contribution is 5.94. The maximum absolute atomic E-state index is 13.2. The molecule has 1 aliphatic rings. The molecule has 0 atom stereocenters. The van der Waals surface area contributed by atoms with Gasteiger partial charge in [-0.2, -0.15) is 0 Å². The van der Waals surface area contributed by atoms with Crippen LogP contribution in [-0.2, 0) is 22.6 Å². The number of hydrogen-bond acceptors (Lipinski definition) is 4. The molecule has 3 rings (SSSR count). The lowest BCUT2D eigenvalue weighted by atomic mass is 10.1. The van der Waals surface area contributed by atoms with Crippen LogP contribution >= 0.6 is 0 Å². The topological polar surface area (TPSA) is 78.0 Å². The van der Waals surface area contributed by atoms with Gasteiger partial charge in [0.05, 0.1) is 19.8 Å². The van der Waals surface area contributed by atoms with Gasteiger partial charge in [-0.3, -0.25) is 14.7 Å². The van der Waals surface area contributed by atoms with Crippen molar-refractivity contribution in [1.29, 1.82) is 0 Å². The molecule has 0 radical (unpaired) electrons. The number of hydrogen-bond donors (Lipinski definition) is 3. The first-order valence-electron chi connectivity index (χ1n) is 10.0. The Balaban J connectivity index is 1.48. The summed E-state index contributed by atoms with van der Waals surface area (Å²) < 4.78 is 18.6. The number of nitrogens with zero attached hydrogens (tertiary/aromatic N) is 2. The first-order valence-corrected chi connectivity index (χ1v) is 10.0. The summed E-state index contributed by atoms with van der Waals surface area (Å²) >= 11 is 0. The summed E-state index contributed by atoms with van der Waals surface area (Å²) in [6.07, 6.45) is 0. The van der Waals surface area contributed by atoms with Crippen LogP contribution in [0.15, 0.2) is 53.5 Å². The first kappa shape index (κ1) is 21.7. The summed E-state index contributed by atoms with van der Waals surface area (Å²) in [5, 5.41) is 8.88. The van der Waals surface area contributed by atoms with Crippen molar-refractivity contribution in [1.82, 2.24) is 15.5 Å². The largest absolute Gasteiger partial charge is 0.379 e. The molecule has 1 saturated heterocycles. The summed E-state index contributed by atoms with van der Waals surface area (Å²) in [7, 11) is 1.65. The van der Waals surface area contributed by atoms with Crippen molar-refractivity contribution in [2.24, 2.45) is 4.99 Å². The number of guanidine groups is 1. The number of morpholine rings is 1. The Hall–Kier alpha value is -2.97. The zero-order valence-electron chi connectivity index (χ0n) is 17.2. The lowest BCUT2D eigenvalue weighted by Gasteiger charge is -2.27. The van der Waals surface area contributed by atoms with Crippen LogP contribution in [0.4, 0.5) is 10.1 Å². The van der Waals surface area contributed by atoms with Gasteiger partial charge in [-0.05, 0) is 29.3 Å². The summed E-state index contributed by atoms with van der Waals surface area (Å²) in [6, 6.07) is 14.1. The van der Waals surface area contributed by atoms with E-state index in [0.29, 0.717) is 18.2 Å². The van der Waals surface area contributed by atoms with E-state index in [0.717, 1.165) is 32.8 Å². The predicted octanol–water partition coefficient (Wildman–Crippen LogP) is 1.96. The summed E-state index contributed by atoms with van der Waals surface area (Å²) in [6.45, 7) is 4.90. The molecule has 1 aliphatic heterocycles. The predicted molar refractivity (Wildman–Crippen MR) is 116 cm³/mol. The molecule has 1 fully saturated rings. The van der Waals surface area contributed by atoms with Crippen molar-refractivity contribution < 1.29 is 13.9 Å².